The Hall–Kier alpha value is -2.83. The number of amides is 1. The van der Waals surface area contributed by atoms with Crippen LogP contribution in [0.15, 0.2) is 33.9 Å². The Morgan fingerprint density at radius 1 is 1.11 bits per heavy atom. The molecule has 7 heteroatoms. The summed E-state index contributed by atoms with van der Waals surface area (Å²) < 4.78 is 5.01. The molecule has 0 unspecified atom stereocenters. The van der Waals surface area contributed by atoms with Crippen molar-refractivity contribution in [3.8, 4) is 0 Å². The molecule has 1 aliphatic rings. The van der Waals surface area contributed by atoms with Gasteiger partial charge in [0.2, 0.25) is 0 Å². The lowest BCUT2D eigenvalue weighted by Crippen LogP contribution is -2.45. The van der Waals surface area contributed by atoms with Crippen LogP contribution in [-0.2, 0) is 11.3 Å². The second-order valence-electron chi connectivity index (χ2n) is 6.85. The number of piperidine rings is 1. The van der Waals surface area contributed by atoms with Crippen molar-refractivity contribution in [2.75, 3.05) is 30.3 Å². The molecule has 0 saturated carbocycles. The summed E-state index contributed by atoms with van der Waals surface area (Å²) in [5, 5.41) is 6.27. The highest BCUT2D eigenvalue weighted by molar-refractivity contribution is 5.74. The van der Waals surface area contributed by atoms with Crippen LogP contribution in [0.5, 0.6) is 0 Å². The van der Waals surface area contributed by atoms with Gasteiger partial charge in [0.05, 0.1) is 6.61 Å². The third kappa shape index (κ3) is 4.30. The van der Waals surface area contributed by atoms with Crippen LogP contribution in [-0.4, -0.2) is 36.7 Å². The summed E-state index contributed by atoms with van der Waals surface area (Å²) in [6, 6.07) is 8.06. The minimum atomic E-state index is -0.478. The van der Waals surface area contributed by atoms with Gasteiger partial charge in [-0.15, -0.1) is 0 Å². The van der Waals surface area contributed by atoms with Crippen LogP contribution in [0.25, 0.3) is 0 Å². The minimum Gasteiger partial charge on any atom is -0.450 e. The first kappa shape index (κ1) is 18.9. The number of hydrogen-bond acceptors (Lipinski definition) is 6. The molecule has 1 fully saturated rings. The molecule has 0 spiro atoms. The molecular formula is C20H25N3O4. The predicted octanol–water partition coefficient (Wildman–Crippen LogP) is 2.24. The van der Waals surface area contributed by atoms with E-state index >= 15 is 0 Å². The second kappa shape index (κ2) is 8.24. The van der Waals surface area contributed by atoms with Crippen LogP contribution in [0, 0.1) is 6.92 Å². The van der Waals surface area contributed by atoms with Crippen molar-refractivity contribution >= 4 is 17.5 Å². The van der Waals surface area contributed by atoms with Gasteiger partial charge in [0.15, 0.2) is 0 Å². The fraction of sp³-hybridized carbons (Fsp3) is 0.450. The lowest BCUT2D eigenvalue weighted by Gasteiger charge is -2.32. The van der Waals surface area contributed by atoms with Gasteiger partial charge in [-0.3, -0.25) is 9.59 Å². The van der Waals surface area contributed by atoms with Crippen molar-refractivity contribution < 1.29 is 9.53 Å². The topological polar surface area (TPSA) is 87.7 Å². The quantitative estimate of drug-likeness (QED) is 0.757. The van der Waals surface area contributed by atoms with Crippen LogP contribution < -0.4 is 21.5 Å². The molecule has 0 bridgehead atoms. The van der Waals surface area contributed by atoms with E-state index in [0.717, 1.165) is 5.56 Å². The van der Waals surface area contributed by atoms with Crippen LogP contribution in [0.4, 0.5) is 16.2 Å². The molecule has 0 radical (unpaired) electrons. The van der Waals surface area contributed by atoms with Gasteiger partial charge in [0.1, 0.15) is 11.4 Å². The molecule has 1 heterocycles. The van der Waals surface area contributed by atoms with E-state index in [1.165, 1.54) is 5.56 Å². The standard InChI is InChI=1S/C20H25N3O4/c1-3-27-20(26)23-10-8-15(9-11-23)22-17-16(18(24)19(17)25)21-12-14-6-4-13(2)5-7-14/h4-7,15,21-22H,3,8-12H2,1-2H3. The number of benzene rings is 1. The van der Waals surface area contributed by atoms with Crippen LogP contribution in [0.3, 0.4) is 0 Å². The largest absolute Gasteiger partial charge is 0.450 e. The number of anilines is 2. The van der Waals surface area contributed by atoms with Crippen molar-refractivity contribution in [1.82, 2.24) is 4.90 Å². The Bertz CT molecular complexity index is 860. The Labute approximate surface area is 158 Å². The molecule has 0 aromatic heterocycles. The lowest BCUT2D eigenvalue weighted by atomic mass is 10.0. The minimum absolute atomic E-state index is 0.0545. The highest BCUT2D eigenvalue weighted by Gasteiger charge is 2.27. The Balaban J connectivity index is 1.56. The van der Waals surface area contributed by atoms with Gasteiger partial charge in [0.25, 0.3) is 10.9 Å². The molecule has 144 valence electrons. The molecule has 27 heavy (non-hydrogen) atoms. The molecule has 1 amide bonds. The maximum absolute atomic E-state index is 12.0. The highest BCUT2D eigenvalue weighted by atomic mass is 16.6. The number of carbonyl (C=O) groups is 1. The lowest BCUT2D eigenvalue weighted by molar-refractivity contribution is 0.0983. The maximum Gasteiger partial charge on any atom is 0.409 e. The van der Waals surface area contributed by atoms with Crippen molar-refractivity contribution in [2.45, 2.75) is 39.3 Å². The van der Waals surface area contributed by atoms with E-state index in [1.54, 1.807) is 11.8 Å². The molecule has 0 aliphatic carbocycles. The fourth-order valence-electron chi connectivity index (χ4n) is 3.22. The van der Waals surface area contributed by atoms with Crippen molar-refractivity contribution in [3.63, 3.8) is 0 Å². The van der Waals surface area contributed by atoms with Crippen LogP contribution in [0.1, 0.15) is 30.9 Å². The summed E-state index contributed by atoms with van der Waals surface area (Å²) in [7, 11) is 0. The van der Waals surface area contributed by atoms with E-state index in [2.05, 4.69) is 10.6 Å². The van der Waals surface area contributed by atoms with E-state index in [0.29, 0.717) is 50.5 Å². The van der Waals surface area contributed by atoms with E-state index in [4.69, 9.17) is 4.74 Å². The average molecular weight is 371 g/mol. The first-order valence-electron chi connectivity index (χ1n) is 9.30. The Morgan fingerprint density at radius 3 is 2.37 bits per heavy atom. The van der Waals surface area contributed by atoms with Gasteiger partial charge < -0.3 is 20.3 Å². The number of carbonyl (C=O) groups excluding carboxylic acids is 1. The molecule has 7 nitrogen and oxygen atoms in total. The molecule has 2 N–H and O–H groups in total. The van der Waals surface area contributed by atoms with E-state index in [1.807, 2.05) is 31.2 Å². The zero-order valence-electron chi connectivity index (χ0n) is 15.7. The number of nitrogens with one attached hydrogen (secondary N) is 2. The number of aryl methyl sites for hydroxylation is 1. The Morgan fingerprint density at radius 2 is 1.74 bits per heavy atom. The first-order chi connectivity index (χ1) is 13.0. The SMILES string of the molecule is CCOC(=O)N1CCC(Nc2c(NCc3ccc(C)cc3)c(=O)c2=O)CC1. The predicted molar refractivity (Wildman–Crippen MR) is 105 cm³/mol. The third-order valence-electron chi connectivity index (χ3n) is 4.87. The molecule has 1 saturated heterocycles. The Kier molecular flexibility index (Phi) is 5.78. The number of rotatable bonds is 6. The summed E-state index contributed by atoms with van der Waals surface area (Å²) in [4.78, 5) is 37.3. The number of ether oxygens (including phenoxy) is 1. The fourth-order valence-corrected chi connectivity index (χ4v) is 3.22. The van der Waals surface area contributed by atoms with Gasteiger partial charge in [0, 0.05) is 25.7 Å². The number of likely N-dealkylation sites (tertiary alicyclic amines) is 1. The highest BCUT2D eigenvalue weighted by Crippen LogP contribution is 2.21. The monoisotopic (exact) mass is 371 g/mol. The average Bonchev–Trinajstić information content (AvgIpc) is 2.69. The molecular weight excluding hydrogens is 346 g/mol. The smallest absolute Gasteiger partial charge is 0.409 e. The van der Waals surface area contributed by atoms with Crippen LogP contribution >= 0.6 is 0 Å². The van der Waals surface area contributed by atoms with Gasteiger partial charge >= 0.3 is 6.09 Å². The van der Waals surface area contributed by atoms with Crippen molar-refractivity contribution in [3.05, 3.63) is 55.8 Å². The van der Waals surface area contributed by atoms with Gasteiger partial charge in [-0.25, -0.2) is 4.79 Å². The summed E-state index contributed by atoms with van der Waals surface area (Å²) in [6.45, 7) is 5.78. The third-order valence-corrected chi connectivity index (χ3v) is 4.87. The van der Waals surface area contributed by atoms with Gasteiger partial charge in [-0.1, -0.05) is 29.8 Å². The normalized spacial score (nSPS) is 15.0. The molecule has 1 aliphatic heterocycles. The van der Waals surface area contributed by atoms with E-state index in [-0.39, 0.29) is 12.1 Å². The van der Waals surface area contributed by atoms with Crippen LogP contribution in [0.2, 0.25) is 0 Å². The number of nitrogens with zero attached hydrogens (tertiary/aromatic N) is 1. The van der Waals surface area contributed by atoms with Crippen molar-refractivity contribution in [1.29, 1.82) is 0 Å². The summed E-state index contributed by atoms with van der Waals surface area (Å²) in [5.74, 6) is 0. The van der Waals surface area contributed by atoms with E-state index < -0.39 is 10.9 Å². The zero-order valence-corrected chi connectivity index (χ0v) is 15.7. The first-order valence-corrected chi connectivity index (χ1v) is 9.30. The number of hydrogen-bond donors (Lipinski definition) is 2. The van der Waals surface area contributed by atoms with Gasteiger partial charge in [-0.2, -0.15) is 0 Å². The molecule has 0 atom stereocenters. The van der Waals surface area contributed by atoms with Gasteiger partial charge in [-0.05, 0) is 32.3 Å². The second-order valence-corrected chi connectivity index (χ2v) is 6.85. The molecule has 3 rings (SSSR count). The summed E-state index contributed by atoms with van der Waals surface area (Å²) in [5.41, 5.74) is 1.98. The summed E-state index contributed by atoms with van der Waals surface area (Å²) >= 11 is 0. The molecule has 2 aromatic carbocycles. The molecule has 2 aromatic rings. The summed E-state index contributed by atoms with van der Waals surface area (Å²) in [6.07, 6.45) is 1.11. The maximum atomic E-state index is 12.0. The van der Waals surface area contributed by atoms with E-state index in [9.17, 15) is 14.4 Å². The van der Waals surface area contributed by atoms with Crippen molar-refractivity contribution in [2.24, 2.45) is 0 Å². The zero-order chi connectivity index (χ0) is 19.4.